The Bertz CT molecular complexity index is 778. The Kier molecular flexibility index (Phi) is 6.28. The van der Waals surface area contributed by atoms with E-state index in [1.165, 1.54) is 10.7 Å². The van der Waals surface area contributed by atoms with Crippen molar-refractivity contribution in [1.29, 1.82) is 0 Å². The van der Waals surface area contributed by atoms with E-state index in [-0.39, 0.29) is 18.1 Å². The summed E-state index contributed by atoms with van der Waals surface area (Å²) in [5.74, 6) is 0.147. The molecular weight excluding hydrogens is 343 g/mol. The van der Waals surface area contributed by atoms with Crippen LogP contribution in [0.5, 0.6) is 0 Å². The molecule has 1 heterocycles. The van der Waals surface area contributed by atoms with Crippen LogP contribution in [0, 0.1) is 13.8 Å². The number of aryl methyl sites for hydroxylation is 2. The first kappa shape index (κ1) is 19.8. The maximum absolute atomic E-state index is 13.5. The van der Waals surface area contributed by atoms with Crippen LogP contribution < -0.4 is 11.1 Å². The van der Waals surface area contributed by atoms with Gasteiger partial charge in [0.05, 0.1) is 23.5 Å². The quantitative estimate of drug-likeness (QED) is 0.465. The summed E-state index contributed by atoms with van der Waals surface area (Å²) < 4.78 is 42.0. The van der Waals surface area contributed by atoms with Crippen molar-refractivity contribution in [2.24, 2.45) is 10.7 Å². The molecule has 2 aromatic rings. The Labute approximate surface area is 151 Å². The Morgan fingerprint density at radius 2 is 2.00 bits per heavy atom. The monoisotopic (exact) mass is 367 g/mol. The molecule has 0 atom stereocenters. The van der Waals surface area contributed by atoms with E-state index >= 15 is 0 Å². The van der Waals surface area contributed by atoms with Crippen molar-refractivity contribution < 1.29 is 13.2 Å². The first-order chi connectivity index (χ1) is 12.2. The molecule has 0 fully saturated rings. The summed E-state index contributed by atoms with van der Waals surface area (Å²) in [5, 5.41) is 7.13. The number of guanidine groups is 1. The average Bonchev–Trinajstić information content (AvgIpc) is 2.90. The van der Waals surface area contributed by atoms with Crippen LogP contribution in [0.15, 0.2) is 29.3 Å². The molecule has 26 heavy (non-hydrogen) atoms. The molecule has 0 aliphatic rings. The third-order valence-corrected chi connectivity index (χ3v) is 3.91. The second kappa shape index (κ2) is 8.25. The van der Waals surface area contributed by atoms with Crippen molar-refractivity contribution in [3.63, 3.8) is 0 Å². The molecule has 142 valence electrons. The first-order valence-electron chi connectivity index (χ1n) is 8.50. The number of aliphatic imine (C=N–C) groups is 1. The highest BCUT2D eigenvalue weighted by atomic mass is 19.4. The lowest BCUT2D eigenvalue weighted by molar-refractivity contribution is -0.138. The third kappa shape index (κ3) is 5.00. The number of halogens is 3. The Morgan fingerprint density at radius 1 is 1.27 bits per heavy atom. The predicted octanol–water partition coefficient (Wildman–Crippen LogP) is 3.71. The normalized spacial score (nSPS) is 12.5. The average molecular weight is 367 g/mol. The molecule has 1 aromatic carbocycles. The van der Waals surface area contributed by atoms with Crippen molar-refractivity contribution in [3.8, 4) is 5.69 Å². The van der Waals surface area contributed by atoms with Gasteiger partial charge in [-0.15, -0.1) is 0 Å². The van der Waals surface area contributed by atoms with Crippen LogP contribution in [0.4, 0.5) is 13.2 Å². The van der Waals surface area contributed by atoms with Crippen LogP contribution >= 0.6 is 0 Å². The molecule has 0 radical (unpaired) electrons. The molecule has 0 saturated carbocycles. The number of unbranched alkanes of at least 4 members (excludes halogenated alkanes) is 1. The number of nitrogens with zero attached hydrogens (tertiary/aromatic N) is 3. The topological polar surface area (TPSA) is 68.2 Å². The van der Waals surface area contributed by atoms with Gasteiger partial charge in [0.2, 0.25) is 0 Å². The van der Waals surface area contributed by atoms with E-state index in [2.05, 4.69) is 15.4 Å². The number of nitrogens with two attached hydrogens (primary N) is 1. The van der Waals surface area contributed by atoms with Crippen LogP contribution in [-0.2, 0) is 12.7 Å². The summed E-state index contributed by atoms with van der Waals surface area (Å²) in [6.07, 6.45) is -2.57. The molecule has 8 heteroatoms. The smallest absolute Gasteiger partial charge is 0.370 e. The van der Waals surface area contributed by atoms with Crippen molar-refractivity contribution in [1.82, 2.24) is 15.1 Å². The summed E-state index contributed by atoms with van der Waals surface area (Å²) in [4.78, 5) is 4.03. The number of aromatic nitrogens is 2. The van der Waals surface area contributed by atoms with Crippen LogP contribution in [0.1, 0.15) is 42.3 Å². The van der Waals surface area contributed by atoms with Crippen LogP contribution in [0.3, 0.4) is 0 Å². The second-order valence-electron chi connectivity index (χ2n) is 6.16. The maximum atomic E-state index is 13.5. The lowest BCUT2D eigenvalue weighted by atomic mass is 10.1. The van der Waals surface area contributed by atoms with E-state index in [9.17, 15) is 13.2 Å². The fourth-order valence-electron chi connectivity index (χ4n) is 2.61. The fourth-order valence-corrected chi connectivity index (χ4v) is 2.61. The molecule has 0 saturated heterocycles. The third-order valence-electron chi connectivity index (χ3n) is 3.91. The largest absolute Gasteiger partial charge is 0.416 e. The molecule has 0 amide bonds. The van der Waals surface area contributed by atoms with Gasteiger partial charge in [0.25, 0.3) is 0 Å². The van der Waals surface area contributed by atoms with Gasteiger partial charge in [-0.3, -0.25) is 0 Å². The van der Waals surface area contributed by atoms with Crippen molar-refractivity contribution in [2.75, 3.05) is 6.54 Å². The summed E-state index contributed by atoms with van der Waals surface area (Å²) in [6, 6.07) is 5.96. The molecule has 2 rings (SSSR count). The number of benzene rings is 1. The van der Waals surface area contributed by atoms with Gasteiger partial charge < -0.3 is 11.1 Å². The summed E-state index contributed by atoms with van der Waals surface area (Å²) in [5.41, 5.74) is 6.93. The minimum Gasteiger partial charge on any atom is -0.370 e. The highest BCUT2D eigenvalue weighted by Gasteiger charge is 2.33. The van der Waals surface area contributed by atoms with Gasteiger partial charge in [-0.2, -0.15) is 18.3 Å². The van der Waals surface area contributed by atoms with E-state index in [1.807, 2.05) is 13.0 Å². The highest BCUT2D eigenvalue weighted by molar-refractivity contribution is 5.77. The maximum Gasteiger partial charge on any atom is 0.416 e. The molecule has 0 unspecified atom stereocenters. The zero-order valence-corrected chi connectivity index (χ0v) is 15.2. The lowest BCUT2D eigenvalue weighted by Gasteiger charge is -2.14. The lowest BCUT2D eigenvalue weighted by Crippen LogP contribution is -2.32. The van der Waals surface area contributed by atoms with Gasteiger partial charge in [0.15, 0.2) is 5.96 Å². The van der Waals surface area contributed by atoms with Gasteiger partial charge in [-0.25, -0.2) is 9.67 Å². The van der Waals surface area contributed by atoms with Gasteiger partial charge in [0.1, 0.15) is 0 Å². The summed E-state index contributed by atoms with van der Waals surface area (Å²) in [7, 11) is 0. The summed E-state index contributed by atoms with van der Waals surface area (Å²) >= 11 is 0. The zero-order valence-electron chi connectivity index (χ0n) is 15.2. The molecule has 0 bridgehead atoms. The molecule has 0 spiro atoms. The molecule has 0 aliphatic carbocycles. The predicted molar refractivity (Wildman–Crippen MR) is 96.3 cm³/mol. The minimum atomic E-state index is -4.48. The van der Waals surface area contributed by atoms with Gasteiger partial charge >= 0.3 is 6.18 Å². The van der Waals surface area contributed by atoms with E-state index in [0.29, 0.717) is 12.2 Å². The molecule has 1 aromatic heterocycles. The van der Waals surface area contributed by atoms with E-state index in [1.54, 1.807) is 19.9 Å². The molecule has 5 nitrogen and oxygen atoms in total. The number of nitrogens with one attached hydrogen (secondary N) is 1. The summed E-state index contributed by atoms with van der Waals surface area (Å²) in [6.45, 7) is 6.14. The highest BCUT2D eigenvalue weighted by Crippen LogP contribution is 2.34. The molecule has 0 aliphatic heterocycles. The van der Waals surface area contributed by atoms with Gasteiger partial charge in [-0.05, 0) is 44.0 Å². The minimum absolute atomic E-state index is 0.0722. The van der Waals surface area contributed by atoms with E-state index in [0.717, 1.165) is 30.3 Å². The van der Waals surface area contributed by atoms with Crippen LogP contribution in [-0.4, -0.2) is 22.3 Å². The zero-order chi connectivity index (χ0) is 19.3. The fraction of sp³-hybridized carbons (Fsp3) is 0.444. The van der Waals surface area contributed by atoms with E-state index < -0.39 is 11.7 Å². The van der Waals surface area contributed by atoms with Gasteiger partial charge in [0, 0.05) is 12.2 Å². The first-order valence-corrected chi connectivity index (χ1v) is 8.50. The van der Waals surface area contributed by atoms with Crippen molar-refractivity contribution in [2.45, 2.75) is 46.3 Å². The number of alkyl halides is 3. The Hall–Kier alpha value is -2.51. The molecular formula is C18H24F3N5. The second-order valence-corrected chi connectivity index (χ2v) is 6.16. The van der Waals surface area contributed by atoms with Crippen molar-refractivity contribution in [3.05, 3.63) is 46.8 Å². The van der Waals surface area contributed by atoms with Crippen LogP contribution in [0.2, 0.25) is 0 Å². The van der Waals surface area contributed by atoms with Crippen LogP contribution in [0.25, 0.3) is 5.69 Å². The van der Waals surface area contributed by atoms with Gasteiger partial charge in [-0.1, -0.05) is 19.4 Å². The number of rotatable bonds is 6. The van der Waals surface area contributed by atoms with E-state index in [4.69, 9.17) is 5.73 Å². The SMILES string of the molecule is CCCCNC(N)=NCc1ccc(-n2nc(C)cc2C)cc1C(F)(F)F. The Morgan fingerprint density at radius 3 is 2.58 bits per heavy atom. The van der Waals surface area contributed by atoms with Crippen molar-refractivity contribution >= 4 is 5.96 Å². The molecule has 3 N–H and O–H groups in total. The number of hydrogen-bond donors (Lipinski definition) is 2. The number of hydrogen-bond acceptors (Lipinski definition) is 2. The standard InChI is InChI=1S/C18H24F3N5/c1-4-5-8-23-17(22)24-11-14-6-7-15(10-16(14)18(19,20)21)26-13(3)9-12(2)25-26/h6-7,9-10H,4-5,8,11H2,1-3H3,(H3,22,23,24). The Balaban J connectivity index is 2.30.